The van der Waals surface area contributed by atoms with Crippen molar-refractivity contribution in [3.8, 4) is 10.8 Å². The van der Waals surface area contributed by atoms with E-state index in [1.54, 1.807) is 17.6 Å². The maximum Gasteiger partial charge on any atom is 0.222 e. The number of hydrogen-bond donors (Lipinski definition) is 0. The van der Waals surface area contributed by atoms with Gasteiger partial charge in [0.2, 0.25) is 5.91 Å². The zero-order valence-electron chi connectivity index (χ0n) is 12.8. The van der Waals surface area contributed by atoms with Crippen LogP contribution >= 0.6 is 11.3 Å². The van der Waals surface area contributed by atoms with Gasteiger partial charge in [0, 0.05) is 25.4 Å². The first-order valence-electron chi connectivity index (χ1n) is 7.93. The number of aromatic nitrogens is 2. The molecule has 2 aromatic rings. The lowest BCUT2D eigenvalue weighted by Gasteiger charge is -2.31. The van der Waals surface area contributed by atoms with Gasteiger partial charge >= 0.3 is 0 Å². The van der Waals surface area contributed by atoms with Gasteiger partial charge in [-0.15, -0.1) is 10.2 Å². The van der Waals surface area contributed by atoms with Crippen molar-refractivity contribution in [2.75, 3.05) is 13.1 Å². The summed E-state index contributed by atoms with van der Waals surface area (Å²) in [6.45, 7) is 3.79. The molecule has 0 N–H and O–H groups in total. The van der Waals surface area contributed by atoms with Crippen LogP contribution in [0.3, 0.4) is 0 Å². The molecular weight excluding hydrogens is 298 g/mol. The Morgan fingerprint density at radius 1 is 1.41 bits per heavy atom. The van der Waals surface area contributed by atoms with E-state index in [9.17, 15) is 4.79 Å². The number of rotatable bonds is 5. The SMILES string of the molecule is CCCCC(=O)N1CCC(c2nnc(-c3ccco3)s2)CC1. The molecule has 0 aliphatic carbocycles. The lowest BCUT2D eigenvalue weighted by Crippen LogP contribution is -2.37. The van der Waals surface area contributed by atoms with Gasteiger partial charge in [-0.3, -0.25) is 4.79 Å². The van der Waals surface area contributed by atoms with Crippen molar-refractivity contribution in [1.29, 1.82) is 0 Å². The second-order valence-corrected chi connectivity index (χ2v) is 6.69. The maximum absolute atomic E-state index is 12.0. The number of likely N-dealkylation sites (tertiary alicyclic amines) is 1. The zero-order valence-corrected chi connectivity index (χ0v) is 13.6. The van der Waals surface area contributed by atoms with Crippen molar-refractivity contribution in [2.45, 2.75) is 44.9 Å². The highest BCUT2D eigenvalue weighted by Gasteiger charge is 2.26. The quantitative estimate of drug-likeness (QED) is 0.843. The second-order valence-electron chi connectivity index (χ2n) is 5.68. The van der Waals surface area contributed by atoms with Crippen molar-refractivity contribution < 1.29 is 9.21 Å². The molecule has 2 aromatic heterocycles. The highest BCUT2D eigenvalue weighted by atomic mass is 32.1. The predicted octanol–water partition coefficient (Wildman–Crippen LogP) is 3.69. The molecule has 3 heterocycles. The molecule has 1 saturated heterocycles. The molecule has 0 radical (unpaired) electrons. The molecule has 0 saturated carbocycles. The minimum absolute atomic E-state index is 0.300. The maximum atomic E-state index is 12.0. The molecule has 0 spiro atoms. The Labute approximate surface area is 134 Å². The molecule has 3 rings (SSSR count). The summed E-state index contributed by atoms with van der Waals surface area (Å²) in [5.41, 5.74) is 0. The van der Waals surface area contributed by atoms with Crippen molar-refractivity contribution in [2.24, 2.45) is 0 Å². The van der Waals surface area contributed by atoms with Crippen LogP contribution in [0.1, 0.15) is 50.0 Å². The van der Waals surface area contributed by atoms with Gasteiger partial charge in [0.25, 0.3) is 0 Å². The minimum Gasteiger partial charge on any atom is -0.462 e. The number of amides is 1. The van der Waals surface area contributed by atoms with Crippen LogP contribution in [-0.4, -0.2) is 34.1 Å². The topological polar surface area (TPSA) is 59.2 Å². The van der Waals surface area contributed by atoms with Crippen molar-refractivity contribution in [3.05, 3.63) is 23.4 Å². The highest BCUT2D eigenvalue weighted by molar-refractivity contribution is 7.14. The lowest BCUT2D eigenvalue weighted by molar-refractivity contribution is -0.132. The first kappa shape index (κ1) is 15.2. The largest absolute Gasteiger partial charge is 0.462 e. The van der Waals surface area contributed by atoms with Crippen LogP contribution in [0.15, 0.2) is 22.8 Å². The average molecular weight is 319 g/mol. The molecule has 118 valence electrons. The first-order chi connectivity index (χ1) is 10.8. The molecule has 0 bridgehead atoms. The van der Waals surface area contributed by atoms with Gasteiger partial charge in [0.05, 0.1) is 6.26 Å². The standard InChI is InChI=1S/C16H21N3O2S/c1-2-3-6-14(20)19-9-7-12(8-10-19)15-17-18-16(22-15)13-5-4-11-21-13/h4-5,11-12H,2-3,6-10H2,1H3. The fourth-order valence-corrected chi connectivity index (χ4v) is 3.74. The minimum atomic E-state index is 0.300. The Hall–Kier alpha value is -1.69. The molecule has 0 aromatic carbocycles. The van der Waals surface area contributed by atoms with Gasteiger partial charge in [-0.1, -0.05) is 24.7 Å². The van der Waals surface area contributed by atoms with E-state index in [0.717, 1.165) is 54.5 Å². The molecule has 22 heavy (non-hydrogen) atoms. The van der Waals surface area contributed by atoms with Gasteiger partial charge in [-0.2, -0.15) is 0 Å². The molecule has 6 heteroatoms. The molecule has 1 amide bonds. The third kappa shape index (κ3) is 3.38. The Morgan fingerprint density at radius 3 is 2.91 bits per heavy atom. The summed E-state index contributed by atoms with van der Waals surface area (Å²) in [5, 5.41) is 10.4. The van der Waals surface area contributed by atoms with Gasteiger partial charge in [-0.25, -0.2) is 0 Å². The Kier molecular flexibility index (Phi) is 4.87. The zero-order chi connectivity index (χ0) is 15.4. The van der Waals surface area contributed by atoms with E-state index in [-0.39, 0.29) is 0 Å². The van der Waals surface area contributed by atoms with Crippen LogP contribution in [0.2, 0.25) is 0 Å². The van der Waals surface area contributed by atoms with E-state index in [1.165, 1.54) is 0 Å². The molecule has 0 atom stereocenters. The number of furan rings is 1. The third-order valence-electron chi connectivity index (χ3n) is 4.11. The Balaban J connectivity index is 1.56. The molecular formula is C16H21N3O2S. The van der Waals surface area contributed by atoms with Crippen LogP contribution in [0, 0.1) is 0 Å². The fourth-order valence-electron chi connectivity index (χ4n) is 2.76. The summed E-state index contributed by atoms with van der Waals surface area (Å²) in [7, 11) is 0. The number of hydrogen-bond acceptors (Lipinski definition) is 5. The van der Waals surface area contributed by atoms with Gasteiger partial charge < -0.3 is 9.32 Å². The van der Waals surface area contributed by atoms with E-state index >= 15 is 0 Å². The van der Waals surface area contributed by atoms with Gasteiger partial charge in [0.15, 0.2) is 10.8 Å². The third-order valence-corrected chi connectivity index (χ3v) is 5.21. The normalized spacial score (nSPS) is 16.1. The van der Waals surface area contributed by atoms with Crippen LogP contribution < -0.4 is 0 Å². The van der Waals surface area contributed by atoms with Crippen molar-refractivity contribution in [1.82, 2.24) is 15.1 Å². The van der Waals surface area contributed by atoms with E-state index in [2.05, 4.69) is 17.1 Å². The van der Waals surface area contributed by atoms with Crippen molar-refractivity contribution in [3.63, 3.8) is 0 Å². The number of carbonyl (C=O) groups is 1. The molecule has 0 unspecified atom stereocenters. The first-order valence-corrected chi connectivity index (χ1v) is 8.74. The van der Waals surface area contributed by atoms with Crippen molar-refractivity contribution >= 4 is 17.2 Å². The van der Waals surface area contributed by atoms with Gasteiger partial charge in [0.1, 0.15) is 5.01 Å². The fraction of sp³-hybridized carbons (Fsp3) is 0.562. The van der Waals surface area contributed by atoms with E-state index < -0.39 is 0 Å². The van der Waals surface area contributed by atoms with Gasteiger partial charge in [-0.05, 0) is 31.4 Å². The summed E-state index contributed by atoms with van der Waals surface area (Å²) < 4.78 is 5.36. The highest BCUT2D eigenvalue weighted by Crippen LogP contribution is 2.33. The van der Waals surface area contributed by atoms with E-state index in [4.69, 9.17) is 4.42 Å². The van der Waals surface area contributed by atoms with E-state index in [0.29, 0.717) is 18.2 Å². The number of nitrogens with zero attached hydrogens (tertiary/aromatic N) is 3. The lowest BCUT2D eigenvalue weighted by atomic mass is 9.97. The number of unbranched alkanes of at least 4 members (excludes halogenated alkanes) is 1. The Bertz CT molecular complexity index is 601. The smallest absolute Gasteiger partial charge is 0.222 e. The van der Waals surface area contributed by atoms with Crippen LogP contribution in [0.25, 0.3) is 10.8 Å². The molecule has 5 nitrogen and oxygen atoms in total. The second kappa shape index (κ2) is 7.05. The molecule has 1 aliphatic rings. The van der Waals surface area contributed by atoms with E-state index in [1.807, 2.05) is 17.0 Å². The molecule has 1 aliphatic heterocycles. The Morgan fingerprint density at radius 2 is 2.23 bits per heavy atom. The van der Waals surface area contributed by atoms with Crippen LogP contribution in [0.4, 0.5) is 0 Å². The van der Waals surface area contributed by atoms with Crippen LogP contribution in [-0.2, 0) is 4.79 Å². The monoisotopic (exact) mass is 319 g/mol. The number of carbonyl (C=O) groups excluding carboxylic acids is 1. The predicted molar refractivity (Wildman–Crippen MR) is 85.7 cm³/mol. The molecule has 1 fully saturated rings. The summed E-state index contributed by atoms with van der Waals surface area (Å²) in [4.78, 5) is 14.0. The summed E-state index contributed by atoms with van der Waals surface area (Å²) >= 11 is 1.60. The average Bonchev–Trinajstić information content (AvgIpc) is 3.23. The summed E-state index contributed by atoms with van der Waals surface area (Å²) in [6.07, 6.45) is 6.35. The summed E-state index contributed by atoms with van der Waals surface area (Å²) in [5.74, 6) is 1.49. The van der Waals surface area contributed by atoms with Crippen LogP contribution in [0.5, 0.6) is 0 Å². The summed E-state index contributed by atoms with van der Waals surface area (Å²) in [6, 6.07) is 3.76. The number of piperidine rings is 1.